The summed E-state index contributed by atoms with van der Waals surface area (Å²) in [4.78, 5) is 0. The van der Waals surface area contributed by atoms with Crippen LogP contribution in [0.2, 0.25) is 0 Å². The molecule has 0 fully saturated rings. The molecule has 0 aliphatic carbocycles. The zero-order chi connectivity index (χ0) is 4.24. The van der Waals surface area contributed by atoms with Gasteiger partial charge in [0.2, 0.25) is 0 Å². The van der Waals surface area contributed by atoms with Crippen molar-refractivity contribution < 1.29 is 6.16 Å². The van der Waals surface area contributed by atoms with Crippen molar-refractivity contribution in [2.45, 2.75) is 0 Å². The van der Waals surface area contributed by atoms with Crippen molar-refractivity contribution in [3.05, 3.63) is 31.1 Å². The van der Waals surface area contributed by atoms with Crippen molar-refractivity contribution in [1.29, 1.82) is 0 Å². The largest absolute Gasteiger partial charge is 1.00 e. The van der Waals surface area contributed by atoms with Crippen LogP contribution in [0.5, 0.6) is 0 Å². The molecule has 0 atom stereocenters. The molecule has 1 heteroatoms. The minimum Gasteiger partial charge on any atom is -0.490 e. The van der Waals surface area contributed by atoms with E-state index < -0.39 is 0 Å². The second-order valence-electron chi connectivity index (χ2n) is 0.986. The van der Waals surface area contributed by atoms with Crippen LogP contribution in [0.3, 0.4) is 0 Å². The maximum Gasteiger partial charge on any atom is 1.00 e. The van der Waals surface area contributed by atoms with Crippen molar-refractivity contribution in [1.82, 2.24) is 0 Å². The van der Waals surface area contributed by atoms with Gasteiger partial charge in [-0.3, -0.25) is 0 Å². The fourth-order valence-corrected chi connectivity index (χ4v) is 0.291. The molecule has 1 nitrogen and oxygen atoms in total. The van der Waals surface area contributed by atoms with Crippen molar-refractivity contribution in [2.24, 2.45) is 0 Å². The molecule has 1 aliphatic heterocycles. The first-order valence-corrected chi connectivity index (χ1v) is 1.80. The van der Waals surface area contributed by atoms with E-state index >= 15 is 0 Å². The summed E-state index contributed by atoms with van der Waals surface area (Å²) >= 11 is 0. The molecule has 6 heavy (non-hydrogen) atoms. The lowest BCUT2D eigenvalue weighted by Gasteiger charge is -1.93. The number of allylic oxidation sites excluding steroid dienone is 2. The molecule has 0 spiro atoms. The molecule has 1 aliphatic rings. The molecule has 1 rings (SSSR count). The average Bonchev–Trinajstić information content (AvgIpc) is 1.72. The fourth-order valence-electron chi connectivity index (χ4n) is 0.291. The van der Waals surface area contributed by atoms with Gasteiger partial charge in [0, 0.05) is 0 Å². The third kappa shape index (κ3) is 0.612. The van der Waals surface area contributed by atoms with E-state index in [2.05, 4.69) is 4.74 Å². The molecule has 0 saturated heterocycles. The predicted molar refractivity (Wildman–Crippen MR) is 24.8 cm³/mol. The van der Waals surface area contributed by atoms with E-state index in [-0.39, 0.29) is 1.43 Å². The van der Waals surface area contributed by atoms with Gasteiger partial charge < -0.3 is 4.74 Å². The molecular weight excluding hydrogens is 76.1 g/mol. The molecule has 0 unspecified atom stereocenters. The van der Waals surface area contributed by atoms with Gasteiger partial charge in [-0.05, 0) is 12.2 Å². The van der Waals surface area contributed by atoms with Gasteiger partial charge in [0.05, 0.1) is 6.26 Å². The quantitative estimate of drug-likeness (QED) is 0.428. The molecule has 0 saturated carbocycles. The van der Waals surface area contributed by atoms with Crippen molar-refractivity contribution >= 4 is 0 Å². The molecule has 0 aromatic rings. The Balaban J connectivity index is 0.000000360. The van der Waals surface area contributed by atoms with E-state index in [0.29, 0.717) is 0 Å². The standard InChI is InChI=1S/C5H5O/c1-2-4-6-5-3-1/h1-5H/p+1. The molecule has 31 valence electrons. The first-order chi connectivity index (χ1) is 3.00. The lowest BCUT2D eigenvalue weighted by Crippen LogP contribution is -1.74. The summed E-state index contributed by atoms with van der Waals surface area (Å²) in [5.41, 5.74) is 0. The van der Waals surface area contributed by atoms with Crippen LogP contribution in [-0.4, -0.2) is 0 Å². The predicted octanol–water partition coefficient (Wildman–Crippen LogP) is 1.36. The van der Waals surface area contributed by atoms with Gasteiger partial charge in [-0.25, -0.2) is 0 Å². The molecule has 1 heterocycles. The van der Waals surface area contributed by atoms with E-state index in [1.54, 1.807) is 12.9 Å². The highest BCUT2D eigenvalue weighted by molar-refractivity contribution is 5.07. The SMILES string of the molecule is [CH]1C=CC=CO1.[H+]. The van der Waals surface area contributed by atoms with Gasteiger partial charge in [0.1, 0.15) is 0 Å². The lowest BCUT2D eigenvalue weighted by atomic mass is 10.5. The number of rotatable bonds is 0. The summed E-state index contributed by atoms with van der Waals surface area (Å²) in [6.07, 6.45) is 7.20. The second kappa shape index (κ2) is 1.65. The summed E-state index contributed by atoms with van der Waals surface area (Å²) in [7, 11) is 0. The molecule has 0 amide bonds. The molecule has 0 aromatic carbocycles. The highest BCUT2D eigenvalue weighted by Gasteiger charge is 1.77. The minimum absolute atomic E-state index is 0. The Labute approximate surface area is 38.4 Å². The van der Waals surface area contributed by atoms with Gasteiger partial charge >= 0.3 is 1.43 Å². The van der Waals surface area contributed by atoms with Gasteiger partial charge in [0.25, 0.3) is 0 Å². The van der Waals surface area contributed by atoms with E-state index in [1.807, 2.05) is 18.2 Å². The van der Waals surface area contributed by atoms with Crippen LogP contribution < -0.4 is 0 Å². The Morgan fingerprint density at radius 2 is 2.17 bits per heavy atom. The second-order valence-corrected chi connectivity index (χ2v) is 0.986. The molecule has 0 bridgehead atoms. The minimum atomic E-state index is 0. The Bertz CT molecular complexity index is 74.1. The van der Waals surface area contributed by atoms with Crippen molar-refractivity contribution in [3.63, 3.8) is 0 Å². The third-order valence-electron chi connectivity index (χ3n) is 0.536. The Morgan fingerprint density at radius 1 is 1.17 bits per heavy atom. The van der Waals surface area contributed by atoms with E-state index in [9.17, 15) is 0 Å². The number of hydrogen-bond donors (Lipinski definition) is 0. The first kappa shape index (κ1) is 3.47. The van der Waals surface area contributed by atoms with Gasteiger partial charge in [-0.2, -0.15) is 0 Å². The highest BCUT2D eigenvalue weighted by Crippen LogP contribution is 1.92. The topological polar surface area (TPSA) is 9.23 Å². The first-order valence-electron chi connectivity index (χ1n) is 1.80. The van der Waals surface area contributed by atoms with E-state index in [0.717, 1.165) is 0 Å². The summed E-state index contributed by atoms with van der Waals surface area (Å²) in [6.45, 7) is 1.62. The van der Waals surface area contributed by atoms with Gasteiger partial charge in [0.15, 0.2) is 6.61 Å². The number of ether oxygens (including phenoxy) is 1. The monoisotopic (exact) mass is 82.0 g/mol. The summed E-state index contributed by atoms with van der Waals surface area (Å²) < 4.78 is 4.68. The Kier molecular flexibility index (Phi) is 0.955. The van der Waals surface area contributed by atoms with Crippen LogP contribution in [0.4, 0.5) is 0 Å². The van der Waals surface area contributed by atoms with Gasteiger partial charge in [-0.15, -0.1) is 0 Å². The van der Waals surface area contributed by atoms with Crippen LogP contribution in [0.25, 0.3) is 0 Å². The smallest absolute Gasteiger partial charge is 0.490 e. The third-order valence-corrected chi connectivity index (χ3v) is 0.536. The van der Waals surface area contributed by atoms with E-state index in [1.165, 1.54) is 0 Å². The maximum absolute atomic E-state index is 4.68. The Hall–Kier alpha value is -0.720. The zero-order valence-corrected chi connectivity index (χ0v) is 3.29. The number of hydrogen-bond acceptors (Lipinski definition) is 1. The van der Waals surface area contributed by atoms with Crippen molar-refractivity contribution in [3.8, 4) is 0 Å². The van der Waals surface area contributed by atoms with Crippen LogP contribution >= 0.6 is 0 Å². The normalized spacial score (nSPS) is 17.3. The van der Waals surface area contributed by atoms with E-state index in [4.69, 9.17) is 0 Å². The molecule has 0 N–H and O–H groups in total. The molecule has 1 radical (unpaired) electrons. The summed E-state index contributed by atoms with van der Waals surface area (Å²) in [6, 6.07) is 0. The fraction of sp³-hybridized carbons (Fsp3) is 0. The Morgan fingerprint density at radius 3 is 2.33 bits per heavy atom. The highest BCUT2D eigenvalue weighted by atomic mass is 16.5. The average molecular weight is 82.1 g/mol. The zero-order valence-electron chi connectivity index (χ0n) is 4.29. The van der Waals surface area contributed by atoms with Crippen LogP contribution in [0.1, 0.15) is 1.43 Å². The van der Waals surface area contributed by atoms with Crippen molar-refractivity contribution in [2.75, 3.05) is 0 Å². The van der Waals surface area contributed by atoms with Crippen LogP contribution in [-0.2, 0) is 4.74 Å². The van der Waals surface area contributed by atoms with Crippen LogP contribution in [0, 0.1) is 6.61 Å². The lowest BCUT2D eigenvalue weighted by molar-refractivity contribution is 0.354. The van der Waals surface area contributed by atoms with Crippen LogP contribution in [0.15, 0.2) is 24.5 Å². The van der Waals surface area contributed by atoms with Gasteiger partial charge in [-0.1, -0.05) is 6.08 Å². The molecule has 0 aromatic heterocycles. The summed E-state index contributed by atoms with van der Waals surface area (Å²) in [5, 5.41) is 0. The summed E-state index contributed by atoms with van der Waals surface area (Å²) in [5.74, 6) is 0. The maximum atomic E-state index is 4.68. The molecular formula is C5H6O+.